The first-order chi connectivity index (χ1) is 11.1. The average molecular weight is 316 g/mol. The molecule has 6 heteroatoms. The first-order valence-corrected chi connectivity index (χ1v) is 7.25. The first-order valence-electron chi connectivity index (χ1n) is 7.25. The van der Waals surface area contributed by atoms with Gasteiger partial charge < -0.3 is 20.5 Å². The Bertz CT molecular complexity index is 736. The lowest BCUT2D eigenvalue weighted by Crippen LogP contribution is -2.37. The molecule has 3 N–H and O–H groups in total. The molecule has 120 valence electrons. The molecule has 1 aliphatic carbocycles. The molecule has 3 rings (SSSR count). The van der Waals surface area contributed by atoms with Crippen molar-refractivity contribution in [2.45, 2.75) is 18.6 Å². The van der Waals surface area contributed by atoms with E-state index >= 15 is 0 Å². The summed E-state index contributed by atoms with van der Waals surface area (Å²) in [5.74, 6) is -0.124. The number of benzene rings is 2. The predicted octanol–water partition coefficient (Wildman–Crippen LogP) is 2.61. The molecule has 0 saturated carbocycles. The highest BCUT2D eigenvalue weighted by atomic mass is 19.1. The lowest BCUT2D eigenvalue weighted by atomic mass is 10.1. The van der Waals surface area contributed by atoms with E-state index < -0.39 is 24.0 Å². The van der Waals surface area contributed by atoms with E-state index in [9.17, 15) is 14.3 Å². The number of carbonyl (C=O) groups is 1. The molecular weight excluding hydrogens is 299 g/mol. The summed E-state index contributed by atoms with van der Waals surface area (Å²) in [6.45, 7) is 0. The van der Waals surface area contributed by atoms with Crippen molar-refractivity contribution in [1.29, 1.82) is 0 Å². The molecule has 5 nitrogen and oxygen atoms in total. The number of anilines is 1. The van der Waals surface area contributed by atoms with Crippen molar-refractivity contribution < 1.29 is 19.0 Å². The molecule has 0 radical (unpaired) electrons. The summed E-state index contributed by atoms with van der Waals surface area (Å²) in [5.41, 5.74) is 1.89. The number of urea groups is 1. The molecule has 1 aliphatic rings. The lowest BCUT2D eigenvalue weighted by molar-refractivity contribution is 0.144. The minimum atomic E-state index is -0.701. The van der Waals surface area contributed by atoms with Gasteiger partial charge in [0.2, 0.25) is 0 Å². The highest BCUT2D eigenvalue weighted by Crippen LogP contribution is 2.31. The summed E-state index contributed by atoms with van der Waals surface area (Å²) >= 11 is 0. The average Bonchev–Trinajstić information content (AvgIpc) is 2.85. The predicted molar refractivity (Wildman–Crippen MR) is 84.0 cm³/mol. The second-order valence-corrected chi connectivity index (χ2v) is 5.39. The molecule has 0 aromatic heterocycles. The molecule has 23 heavy (non-hydrogen) atoms. The van der Waals surface area contributed by atoms with E-state index in [1.165, 1.54) is 25.3 Å². The van der Waals surface area contributed by atoms with E-state index in [1.54, 1.807) is 0 Å². The number of hydrogen-bond acceptors (Lipinski definition) is 3. The van der Waals surface area contributed by atoms with Crippen LogP contribution in [0.1, 0.15) is 17.2 Å². The van der Waals surface area contributed by atoms with Crippen molar-refractivity contribution in [1.82, 2.24) is 5.32 Å². The molecule has 2 aromatic carbocycles. The number of halogens is 1. The zero-order valence-electron chi connectivity index (χ0n) is 12.5. The van der Waals surface area contributed by atoms with Crippen LogP contribution in [0.4, 0.5) is 14.9 Å². The third-order valence-electron chi connectivity index (χ3n) is 3.91. The Morgan fingerprint density at radius 3 is 2.87 bits per heavy atom. The summed E-state index contributed by atoms with van der Waals surface area (Å²) in [6.07, 6.45) is -0.220. The normalized spacial score (nSPS) is 19.1. The van der Waals surface area contributed by atoms with E-state index in [2.05, 4.69) is 10.6 Å². The Balaban J connectivity index is 1.73. The molecule has 2 aromatic rings. The van der Waals surface area contributed by atoms with Crippen molar-refractivity contribution in [2.75, 3.05) is 12.4 Å². The fraction of sp³-hybridized carbons (Fsp3) is 0.235. The van der Waals surface area contributed by atoms with E-state index in [0.29, 0.717) is 12.2 Å². The number of ether oxygens (including phenoxy) is 1. The summed E-state index contributed by atoms with van der Waals surface area (Å²) < 4.78 is 18.8. The number of aliphatic hydroxyl groups is 1. The van der Waals surface area contributed by atoms with Gasteiger partial charge in [-0.25, -0.2) is 9.18 Å². The Labute approximate surface area is 133 Å². The summed E-state index contributed by atoms with van der Waals surface area (Å²) in [6, 6.07) is 10.5. The van der Waals surface area contributed by atoms with Crippen LogP contribution >= 0.6 is 0 Å². The topological polar surface area (TPSA) is 70.6 Å². The van der Waals surface area contributed by atoms with Crippen molar-refractivity contribution >= 4 is 11.7 Å². The summed E-state index contributed by atoms with van der Waals surface area (Å²) in [7, 11) is 1.46. The van der Waals surface area contributed by atoms with Crippen LogP contribution in [0.3, 0.4) is 0 Å². The molecular formula is C17H17FN2O3. The number of fused-ring (bicyclic) bond motifs is 1. The van der Waals surface area contributed by atoms with Gasteiger partial charge in [-0.1, -0.05) is 24.3 Å². The second-order valence-electron chi connectivity index (χ2n) is 5.39. The first kappa shape index (κ1) is 15.3. The Morgan fingerprint density at radius 1 is 1.30 bits per heavy atom. The van der Waals surface area contributed by atoms with Gasteiger partial charge in [-0.15, -0.1) is 0 Å². The van der Waals surface area contributed by atoms with Crippen LogP contribution in [0.15, 0.2) is 42.5 Å². The van der Waals surface area contributed by atoms with Gasteiger partial charge in [0.1, 0.15) is 11.6 Å². The van der Waals surface area contributed by atoms with Crippen LogP contribution in [-0.2, 0) is 6.42 Å². The van der Waals surface area contributed by atoms with Gasteiger partial charge in [-0.3, -0.25) is 0 Å². The van der Waals surface area contributed by atoms with Gasteiger partial charge >= 0.3 is 6.03 Å². The third-order valence-corrected chi connectivity index (χ3v) is 3.91. The standard InChI is InChI=1S/C17H17FN2O3/c1-23-11-6-7-13(18)14(9-11)19-17(22)20-16-12-5-3-2-4-10(12)8-15(16)21/h2-7,9,15-16,21H,8H2,1H3,(H2,19,20,22)/t15-,16+/m0/s1. The molecule has 0 bridgehead atoms. The summed E-state index contributed by atoms with van der Waals surface area (Å²) in [5, 5.41) is 15.3. The lowest BCUT2D eigenvalue weighted by Gasteiger charge is -2.18. The fourth-order valence-electron chi connectivity index (χ4n) is 2.77. The van der Waals surface area contributed by atoms with Crippen molar-refractivity contribution in [2.24, 2.45) is 0 Å². The SMILES string of the molecule is COc1ccc(F)c(NC(=O)N[C@@H]2c3ccccc3C[C@@H]2O)c1. The molecule has 2 amide bonds. The molecule has 0 spiro atoms. The zero-order chi connectivity index (χ0) is 16.4. The molecule has 0 saturated heterocycles. The van der Waals surface area contributed by atoms with Gasteiger partial charge in [0, 0.05) is 12.5 Å². The maximum atomic E-state index is 13.7. The zero-order valence-corrected chi connectivity index (χ0v) is 12.5. The van der Waals surface area contributed by atoms with Crippen LogP contribution in [0.25, 0.3) is 0 Å². The molecule has 0 aliphatic heterocycles. The minimum absolute atomic E-state index is 0.0163. The smallest absolute Gasteiger partial charge is 0.319 e. The Hall–Kier alpha value is -2.60. The van der Waals surface area contributed by atoms with Crippen molar-refractivity contribution in [3.63, 3.8) is 0 Å². The van der Waals surface area contributed by atoms with Gasteiger partial charge in [0.25, 0.3) is 0 Å². The van der Waals surface area contributed by atoms with Crippen LogP contribution in [0.2, 0.25) is 0 Å². The van der Waals surface area contributed by atoms with Crippen LogP contribution in [0.5, 0.6) is 5.75 Å². The second kappa shape index (κ2) is 6.26. The van der Waals surface area contributed by atoms with Gasteiger partial charge in [-0.05, 0) is 23.3 Å². The van der Waals surface area contributed by atoms with Gasteiger partial charge in [-0.2, -0.15) is 0 Å². The van der Waals surface area contributed by atoms with E-state index in [0.717, 1.165) is 11.1 Å². The highest BCUT2D eigenvalue weighted by Gasteiger charge is 2.31. The monoisotopic (exact) mass is 316 g/mol. The molecule has 0 fully saturated rings. The van der Waals surface area contributed by atoms with E-state index in [-0.39, 0.29) is 5.69 Å². The number of carbonyl (C=O) groups excluding carboxylic acids is 1. The third kappa shape index (κ3) is 3.12. The maximum absolute atomic E-state index is 13.7. The molecule has 0 unspecified atom stereocenters. The number of hydrogen-bond donors (Lipinski definition) is 3. The van der Waals surface area contributed by atoms with Crippen LogP contribution in [-0.4, -0.2) is 24.4 Å². The van der Waals surface area contributed by atoms with Crippen molar-refractivity contribution in [3.05, 3.63) is 59.4 Å². The largest absolute Gasteiger partial charge is 0.497 e. The maximum Gasteiger partial charge on any atom is 0.319 e. The number of amides is 2. The quantitative estimate of drug-likeness (QED) is 0.815. The van der Waals surface area contributed by atoms with Crippen LogP contribution < -0.4 is 15.4 Å². The van der Waals surface area contributed by atoms with Crippen molar-refractivity contribution in [3.8, 4) is 5.75 Å². The van der Waals surface area contributed by atoms with E-state index in [1.807, 2.05) is 24.3 Å². The Morgan fingerprint density at radius 2 is 2.09 bits per heavy atom. The highest BCUT2D eigenvalue weighted by molar-refractivity contribution is 5.90. The molecule has 2 atom stereocenters. The number of methoxy groups -OCH3 is 1. The van der Waals surface area contributed by atoms with Crippen LogP contribution in [0, 0.1) is 5.82 Å². The van der Waals surface area contributed by atoms with E-state index in [4.69, 9.17) is 4.74 Å². The van der Waals surface area contributed by atoms with Gasteiger partial charge in [0.15, 0.2) is 0 Å². The number of aliphatic hydroxyl groups excluding tert-OH is 1. The summed E-state index contributed by atoms with van der Waals surface area (Å²) in [4.78, 5) is 12.1. The minimum Gasteiger partial charge on any atom is -0.497 e. The number of rotatable bonds is 3. The number of nitrogens with one attached hydrogen (secondary N) is 2. The Kier molecular flexibility index (Phi) is 4.16. The van der Waals surface area contributed by atoms with Gasteiger partial charge in [0.05, 0.1) is 24.9 Å². The fourth-order valence-corrected chi connectivity index (χ4v) is 2.77. The molecule has 0 heterocycles.